The maximum absolute atomic E-state index is 4.39. The minimum Gasteiger partial charge on any atom is -0.354 e. The molecule has 1 heterocycles. The molecule has 1 fully saturated rings. The Labute approximate surface area is 179 Å². The molecular formula is C24H43N5. The van der Waals surface area contributed by atoms with E-state index in [2.05, 4.69) is 70.5 Å². The first-order chi connectivity index (χ1) is 14.1. The molecule has 1 aliphatic rings. The van der Waals surface area contributed by atoms with Crippen molar-refractivity contribution >= 4 is 5.96 Å². The van der Waals surface area contributed by atoms with Crippen LogP contribution in [0, 0.1) is 0 Å². The number of hydrogen-bond donors (Lipinski definition) is 2. The quantitative estimate of drug-likeness (QED) is 0.437. The SMILES string of the molecule is CCN(CC)CCCC(C)NC(=NC)NCc1ccc(CN2CCCCC2)cc1. The highest BCUT2D eigenvalue weighted by Gasteiger charge is 2.10. The molecule has 1 aromatic rings. The smallest absolute Gasteiger partial charge is 0.191 e. The number of benzene rings is 1. The topological polar surface area (TPSA) is 42.9 Å². The van der Waals surface area contributed by atoms with Crippen molar-refractivity contribution in [1.29, 1.82) is 0 Å². The molecule has 2 rings (SSSR count). The van der Waals surface area contributed by atoms with Gasteiger partial charge in [-0.25, -0.2) is 0 Å². The van der Waals surface area contributed by atoms with Gasteiger partial charge in [0, 0.05) is 26.2 Å². The van der Waals surface area contributed by atoms with E-state index in [4.69, 9.17) is 0 Å². The normalized spacial score (nSPS) is 16.8. The van der Waals surface area contributed by atoms with E-state index in [0.29, 0.717) is 6.04 Å². The van der Waals surface area contributed by atoms with Crippen molar-refractivity contribution in [2.24, 2.45) is 4.99 Å². The zero-order valence-corrected chi connectivity index (χ0v) is 19.2. The van der Waals surface area contributed by atoms with Gasteiger partial charge < -0.3 is 15.5 Å². The molecule has 0 amide bonds. The van der Waals surface area contributed by atoms with E-state index in [1.807, 2.05) is 7.05 Å². The predicted octanol–water partition coefficient (Wildman–Crippen LogP) is 3.85. The monoisotopic (exact) mass is 401 g/mol. The Morgan fingerprint density at radius 3 is 2.34 bits per heavy atom. The van der Waals surface area contributed by atoms with Crippen LogP contribution in [0.1, 0.15) is 64.0 Å². The first kappa shape index (κ1) is 23.7. The highest BCUT2D eigenvalue weighted by Crippen LogP contribution is 2.13. The molecule has 1 saturated heterocycles. The molecule has 5 nitrogen and oxygen atoms in total. The van der Waals surface area contributed by atoms with Crippen molar-refractivity contribution in [3.8, 4) is 0 Å². The van der Waals surface area contributed by atoms with Gasteiger partial charge in [-0.3, -0.25) is 9.89 Å². The molecule has 0 aromatic heterocycles. The van der Waals surface area contributed by atoms with Crippen LogP contribution in [-0.2, 0) is 13.1 Å². The fraction of sp³-hybridized carbons (Fsp3) is 0.708. The Bertz CT molecular complexity index is 573. The van der Waals surface area contributed by atoms with Gasteiger partial charge in [0.15, 0.2) is 5.96 Å². The fourth-order valence-corrected chi connectivity index (χ4v) is 3.99. The fourth-order valence-electron chi connectivity index (χ4n) is 3.99. The van der Waals surface area contributed by atoms with Gasteiger partial charge in [0.2, 0.25) is 0 Å². The summed E-state index contributed by atoms with van der Waals surface area (Å²) < 4.78 is 0. The Kier molecular flexibility index (Phi) is 11.1. The molecule has 164 valence electrons. The number of hydrogen-bond acceptors (Lipinski definition) is 3. The highest BCUT2D eigenvalue weighted by molar-refractivity contribution is 5.79. The zero-order chi connectivity index (χ0) is 20.9. The summed E-state index contributed by atoms with van der Waals surface area (Å²) in [6.45, 7) is 14.5. The third kappa shape index (κ3) is 9.18. The van der Waals surface area contributed by atoms with Crippen molar-refractivity contribution in [2.75, 3.05) is 39.8 Å². The van der Waals surface area contributed by atoms with Crippen LogP contribution in [0.5, 0.6) is 0 Å². The van der Waals surface area contributed by atoms with Gasteiger partial charge in [-0.15, -0.1) is 0 Å². The lowest BCUT2D eigenvalue weighted by atomic mass is 10.1. The highest BCUT2D eigenvalue weighted by atomic mass is 15.2. The number of aliphatic imine (C=N–C) groups is 1. The van der Waals surface area contributed by atoms with Crippen LogP contribution < -0.4 is 10.6 Å². The molecule has 0 saturated carbocycles. The Hall–Kier alpha value is -1.59. The zero-order valence-electron chi connectivity index (χ0n) is 19.2. The lowest BCUT2D eigenvalue weighted by molar-refractivity contribution is 0.221. The molecule has 0 radical (unpaired) electrons. The average molecular weight is 402 g/mol. The maximum Gasteiger partial charge on any atom is 0.191 e. The Morgan fingerprint density at radius 1 is 1.07 bits per heavy atom. The summed E-state index contributed by atoms with van der Waals surface area (Å²) in [5.74, 6) is 0.887. The van der Waals surface area contributed by atoms with E-state index < -0.39 is 0 Å². The van der Waals surface area contributed by atoms with Gasteiger partial charge in [0.1, 0.15) is 0 Å². The summed E-state index contributed by atoms with van der Waals surface area (Å²) in [4.78, 5) is 9.45. The molecule has 1 atom stereocenters. The second kappa shape index (κ2) is 13.6. The van der Waals surface area contributed by atoms with Crippen LogP contribution in [0.3, 0.4) is 0 Å². The first-order valence-corrected chi connectivity index (χ1v) is 11.6. The van der Waals surface area contributed by atoms with E-state index in [-0.39, 0.29) is 0 Å². The predicted molar refractivity (Wildman–Crippen MR) is 125 cm³/mol. The van der Waals surface area contributed by atoms with Crippen LogP contribution in [0.25, 0.3) is 0 Å². The summed E-state index contributed by atoms with van der Waals surface area (Å²) in [5.41, 5.74) is 2.71. The average Bonchev–Trinajstić information content (AvgIpc) is 2.76. The number of nitrogens with zero attached hydrogens (tertiary/aromatic N) is 3. The molecule has 2 N–H and O–H groups in total. The minimum atomic E-state index is 0.420. The third-order valence-electron chi connectivity index (χ3n) is 5.95. The maximum atomic E-state index is 4.39. The van der Waals surface area contributed by atoms with Gasteiger partial charge in [-0.05, 0) is 76.5 Å². The molecule has 1 aliphatic heterocycles. The summed E-state index contributed by atoms with van der Waals surface area (Å²) in [7, 11) is 1.85. The third-order valence-corrected chi connectivity index (χ3v) is 5.95. The number of nitrogens with one attached hydrogen (secondary N) is 2. The number of likely N-dealkylation sites (tertiary alicyclic amines) is 1. The number of guanidine groups is 1. The summed E-state index contributed by atoms with van der Waals surface area (Å²) in [6.07, 6.45) is 6.46. The van der Waals surface area contributed by atoms with Crippen LogP contribution >= 0.6 is 0 Å². The largest absolute Gasteiger partial charge is 0.354 e. The molecular weight excluding hydrogens is 358 g/mol. The van der Waals surface area contributed by atoms with E-state index in [0.717, 1.165) is 38.6 Å². The van der Waals surface area contributed by atoms with Crippen LogP contribution in [0.4, 0.5) is 0 Å². The van der Waals surface area contributed by atoms with Crippen molar-refractivity contribution in [3.05, 3.63) is 35.4 Å². The summed E-state index contributed by atoms with van der Waals surface area (Å²) in [6, 6.07) is 9.46. The Balaban J connectivity index is 1.69. The van der Waals surface area contributed by atoms with Gasteiger partial charge in [0.05, 0.1) is 0 Å². The van der Waals surface area contributed by atoms with Gasteiger partial charge in [-0.1, -0.05) is 44.5 Å². The molecule has 0 aliphatic carbocycles. The molecule has 29 heavy (non-hydrogen) atoms. The van der Waals surface area contributed by atoms with E-state index in [9.17, 15) is 0 Å². The molecule has 0 bridgehead atoms. The molecule has 1 unspecified atom stereocenters. The second-order valence-corrected chi connectivity index (χ2v) is 8.29. The van der Waals surface area contributed by atoms with Crippen LogP contribution in [0.2, 0.25) is 0 Å². The summed E-state index contributed by atoms with van der Waals surface area (Å²) in [5, 5.41) is 6.98. The number of piperidine rings is 1. The second-order valence-electron chi connectivity index (χ2n) is 8.29. The van der Waals surface area contributed by atoms with Crippen LogP contribution in [0.15, 0.2) is 29.3 Å². The van der Waals surface area contributed by atoms with Crippen molar-refractivity contribution in [3.63, 3.8) is 0 Å². The van der Waals surface area contributed by atoms with Crippen molar-refractivity contribution in [1.82, 2.24) is 20.4 Å². The molecule has 5 heteroatoms. The lowest BCUT2D eigenvalue weighted by Crippen LogP contribution is -2.42. The van der Waals surface area contributed by atoms with Gasteiger partial charge in [0.25, 0.3) is 0 Å². The van der Waals surface area contributed by atoms with Crippen molar-refractivity contribution in [2.45, 2.75) is 72.0 Å². The van der Waals surface area contributed by atoms with Gasteiger partial charge >= 0.3 is 0 Å². The van der Waals surface area contributed by atoms with Crippen molar-refractivity contribution < 1.29 is 0 Å². The van der Waals surface area contributed by atoms with Gasteiger partial charge in [-0.2, -0.15) is 0 Å². The molecule has 0 spiro atoms. The van der Waals surface area contributed by atoms with E-state index in [1.54, 1.807) is 0 Å². The lowest BCUT2D eigenvalue weighted by Gasteiger charge is -2.26. The first-order valence-electron chi connectivity index (χ1n) is 11.6. The minimum absolute atomic E-state index is 0.420. The number of rotatable bonds is 11. The van der Waals surface area contributed by atoms with E-state index in [1.165, 1.54) is 56.4 Å². The van der Waals surface area contributed by atoms with Crippen LogP contribution in [-0.4, -0.2) is 61.6 Å². The molecule has 1 aromatic carbocycles. The van der Waals surface area contributed by atoms with E-state index >= 15 is 0 Å². The summed E-state index contributed by atoms with van der Waals surface area (Å²) >= 11 is 0. The standard InChI is InChI=1S/C24H43N5/c1-5-28(6-2)18-10-11-21(3)27-24(25-4)26-19-22-12-14-23(15-13-22)20-29-16-8-7-9-17-29/h12-15,21H,5-11,16-20H2,1-4H3,(H2,25,26,27). The Morgan fingerprint density at radius 2 is 1.72 bits per heavy atom.